The Morgan fingerprint density at radius 1 is 1.47 bits per heavy atom. The van der Waals surface area contributed by atoms with E-state index < -0.39 is 74.1 Å². The largest absolute Gasteiger partial charge is 0.0602 e. The van der Waals surface area contributed by atoms with Gasteiger partial charge in [0.05, 0.1) is 0 Å². The predicted molar refractivity (Wildman–Crippen MR) is 66.8 cm³/mol. The van der Waals surface area contributed by atoms with Gasteiger partial charge in [-0.3, -0.25) is 0 Å². The average molecular weight is 228 g/mol. The molecule has 2 saturated carbocycles. The zero-order valence-electron chi connectivity index (χ0n) is 28.0. The molecule has 0 radical (unpaired) electrons. The molecular weight excluding hydrogens is 180 g/mol. The van der Waals surface area contributed by atoms with Gasteiger partial charge in [-0.1, -0.05) is 41.3 Å². The lowest BCUT2D eigenvalue weighted by Crippen LogP contribution is -2.34. The molecule has 0 aromatic rings. The summed E-state index contributed by atoms with van der Waals surface area (Å²) in [5.41, 5.74) is -10.7. The zero-order valence-corrected chi connectivity index (χ0v) is 9.00. The van der Waals surface area contributed by atoms with Gasteiger partial charge in [0, 0.05) is 26.0 Å². The van der Waals surface area contributed by atoms with Gasteiger partial charge in [0.25, 0.3) is 0 Å². The summed E-state index contributed by atoms with van der Waals surface area (Å²) < 4.78 is 160. The second kappa shape index (κ2) is 3.02. The lowest BCUT2D eigenvalue weighted by atomic mass is 9.63. The van der Waals surface area contributed by atoms with Crippen molar-refractivity contribution in [2.45, 2.75) is 66.8 Å². The van der Waals surface area contributed by atoms with Gasteiger partial charge in [-0.15, -0.1) is 0 Å². The zero-order chi connectivity index (χ0) is 28.0. The van der Waals surface area contributed by atoms with Crippen molar-refractivity contribution < 1.29 is 26.0 Å². The van der Waals surface area contributed by atoms with Crippen LogP contribution in [0.5, 0.6) is 0 Å². The normalized spacial score (nSPS) is 85.7. The molecular formula is C15H28. The molecule has 2 bridgehead atoms. The minimum Gasteiger partial charge on any atom is -0.0602 e. The molecule has 88 valence electrons. The van der Waals surface area contributed by atoms with Gasteiger partial charge in [-0.2, -0.15) is 0 Å². The lowest BCUT2D eigenvalue weighted by molar-refractivity contribution is 0.0768. The van der Waals surface area contributed by atoms with E-state index in [1.165, 1.54) is 0 Å². The highest BCUT2D eigenvalue weighted by Crippen LogP contribution is 2.69. The molecule has 0 aromatic carbocycles. The van der Waals surface area contributed by atoms with Crippen LogP contribution in [-0.4, -0.2) is 0 Å². The fourth-order valence-electron chi connectivity index (χ4n) is 1.62. The van der Waals surface area contributed by atoms with E-state index in [0.29, 0.717) is 0 Å². The van der Waals surface area contributed by atoms with Gasteiger partial charge in [0.1, 0.15) is 0 Å². The van der Waals surface area contributed by atoms with Crippen molar-refractivity contribution in [3.8, 4) is 0 Å². The van der Waals surface area contributed by atoms with Crippen molar-refractivity contribution in [1.82, 2.24) is 0 Å². The third kappa shape index (κ3) is 1.56. The second-order valence-electron chi connectivity index (χ2n) is 5.00. The summed E-state index contributed by atoms with van der Waals surface area (Å²) in [4.78, 5) is 0. The van der Waals surface area contributed by atoms with Crippen LogP contribution in [0.1, 0.15) is 92.9 Å². The van der Waals surface area contributed by atoms with Gasteiger partial charge >= 0.3 is 0 Å². The fourth-order valence-corrected chi connectivity index (χ4v) is 1.62. The third-order valence-electron chi connectivity index (χ3n) is 2.44. The number of rotatable bonds is 1. The Kier molecular flexibility index (Phi) is 0.483. The molecule has 2 rings (SSSR count). The van der Waals surface area contributed by atoms with Gasteiger partial charge in [0.15, 0.2) is 0 Å². The van der Waals surface area contributed by atoms with E-state index in [4.69, 9.17) is 26.0 Å². The third-order valence-corrected chi connectivity index (χ3v) is 2.44. The van der Waals surface area contributed by atoms with E-state index in [-0.39, 0.29) is 0 Å². The first-order valence-electron chi connectivity index (χ1n) is 14.2. The molecule has 3 atom stereocenters. The number of hydrogen-bond acceptors (Lipinski definition) is 0. The molecule has 0 heterocycles. The van der Waals surface area contributed by atoms with E-state index in [0.717, 1.165) is 20.8 Å². The highest BCUT2D eigenvalue weighted by atomic mass is 14.7. The van der Waals surface area contributed by atoms with E-state index in [1.54, 1.807) is 0 Å². The molecule has 3 unspecified atom stereocenters. The molecule has 0 nitrogen and oxygen atoms in total. The molecule has 15 heavy (non-hydrogen) atoms. The molecule has 0 saturated heterocycles. The molecule has 0 N–H and O–H groups in total. The lowest BCUT2D eigenvalue weighted by Gasteiger charge is -2.41. The first-order chi connectivity index (χ1) is 14.2. The minimum absolute atomic E-state index is 1.10. The van der Waals surface area contributed by atoms with E-state index in [1.807, 2.05) is 0 Å². The van der Waals surface area contributed by atoms with Crippen molar-refractivity contribution in [3.63, 3.8) is 0 Å². The Labute approximate surface area is 123 Å². The molecule has 2 fully saturated rings. The maximum absolute atomic E-state index is 9.17. The topological polar surface area (TPSA) is 0 Å². The van der Waals surface area contributed by atoms with Gasteiger partial charge < -0.3 is 0 Å². The molecule has 0 amide bonds. The highest BCUT2D eigenvalue weighted by molar-refractivity contribution is 5.10. The van der Waals surface area contributed by atoms with Gasteiger partial charge in [-0.25, -0.2) is 0 Å². The number of fused-ring (bicyclic) bond motifs is 2. The molecule has 2 aliphatic carbocycles. The van der Waals surface area contributed by atoms with Crippen LogP contribution in [0, 0.1) is 28.0 Å². The summed E-state index contributed by atoms with van der Waals surface area (Å²) in [5.74, 6) is -8.38. The van der Waals surface area contributed by atoms with Crippen molar-refractivity contribution in [3.05, 3.63) is 0 Å². The van der Waals surface area contributed by atoms with E-state index >= 15 is 0 Å². The van der Waals surface area contributed by atoms with Gasteiger partial charge in [0.2, 0.25) is 0 Å². The summed E-state index contributed by atoms with van der Waals surface area (Å²) >= 11 is 0. The summed E-state index contributed by atoms with van der Waals surface area (Å²) in [6, 6.07) is 0. The number of hydrogen-bond donors (Lipinski definition) is 0. The summed E-state index contributed by atoms with van der Waals surface area (Å²) in [7, 11) is 0. The molecule has 0 heteroatoms. The van der Waals surface area contributed by atoms with Crippen molar-refractivity contribution in [2.75, 3.05) is 0 Å². The molecule has 0 aliphatic heterocycles. The Hall–Kier alpha value is 0. The quantitative estimate of drug-likeness (QED) is 0.598. The highest BCUT2D eigenvalue weighted by Gasteiger charge is 2.61. The van der Waals surface area contributed by atoms with Crippen LogP contribution in [0.4, 0.5) is 0 Å². The molecule has 0 spiro atoms. The van der Waals surface area contributed by atoms with Crippen LogP contribution in [0.3, 0.4) is 0 Å². The SMILES string of the molecule is [2H]C([2H])([2H])C1(C([2H])([2H])[2H])C2([2H])C([2H])([2H])C([2H])([2H])C1(C([2H])([2H])[2H])C([2H])(C([2H])([2H])C(C)(C)C)C2([2H])[2H]. The Morgan fingerprint density at radius 2 is 2.20 bits per heavy atom. The van der Waals surface area contributed by atoms with Crippen molar-refractivity contribution in [1.29, 1.82) is 0 Å². The molecule has 0 aromatic heterocycles. The van der Waals surface area contributed by atoms with E-state index in [9.17, 15) is 0 Å². The first kappa shape index (κ1) is 2.40. The summed E-state index contributed by atoms with van der Waals surface area (Å²) in [5, 5.41) is 0. The maximum Gasteiger partial charge on any atom is 0.0309 e. The first-order valence-corrected chi connectivity index (χ1v) is 4.75. The summed E-state index contributed by atoms with van der Waals surface area (Å²) in [6.45, 7) is -9.48. The van der Waals surface area contributed by atoms with Crippen molar-refractivity contribution in [2.24, 2.45) is 28.0 Å². The summed E-state index contributed by atoms with van der Waals surface area (Å²) in [6.07, 6.45) is -15.9. The predicted octanol–water partition coefficient (Wildman–Crippen LogP) is 4.89. The smallest absolute Gasteiger partial charge is 0.0309 e. The standard InChI is InChI=1S/C15H28/c1-13(2,3)10-12-9-11-7-8-15(12,6)14(11,4)5/h11-12H,7-10H2,1-6H3/i4D3,5D3,6D3,7D2,8D2,9D2,10D2,11D,12D. The van der Waals surface area contributed by atoms with Crippen LogP contribution in [0.15, 0.2) is 0 Å². The van der Waals surface area contributed by atoms with E-state index in [2.05, 4.69) is 0 Å². The molecule has 2 aliphatic rings. The van der Waals surface area contributed by atoms with Crippen LogP contribution < -0.4 is 0 Å². The Morgan fingerprint density at radius 3 is 2.73 bits per heavy atom. The van der Waals surface area contributed by atoms with Gasteiger partial charge in [-0.05, 0) is 53.5 Å². The minimum atomic E-state index is -4.39. The average Bonchev–Trinajstić information content (AvgIpc) is 2.72. The van der Waals surface area contributed by atoms with Crippen LogP contribution in [0.25, 0.3) is 0 Å². The van der Waals surface area contributed by atoms with Crippen molar-refractivity contribution >= 4 is 0 Å². The monoisotopic (exact) mass is 227 g/mol. The maximum atomic E-state index is 9.17. The van der Waals surface area contributed by atoms with Crippen LogP contribution in [-0.2, 0) is 0 Å². The van der Waals surface area contributed by atoms with Crippen LogP contribution in [0.2, 0.25) is 0 Å². The second-order valence-corrected chi connectivity index (χ2v) is 5.00. The fraction of sp³-hybridized carbons (Fsp3) is 1.00. The Balaban J connectivity index is 3.62. The van der Waals surface area contributed by atoms with Crippen LogP contribution >= 0.6 is 0 Å². The Bertz CT molecular complexity index is 852.